The fourth-order valence-electron chi connectivity index (χ4n) is 4.52. The molecule has 198 valence electrons. The number of nitrogens with zero attached hydrogens (tertiary/aromatic N) is 1. The smallest absolute Gasteiger partial charge is 0.311 e. The van der Waals surface area contributed by atoms with Gasteiger partial charge in [0.15, 0.2) is 0 Å². The van der Waals surface area contributed by atoms with E-state index in [4.69, 9.17) is 9.47 Å². The molecule has 0 saturated carbocycles. The van der Waals surface area contributed by atoms with Gasteiger partial charge >= 0.3 is 11.9 Å². The van der Waals surface area contributed by atoms with Gasteiger partial charge in [0.05, 0.1) is 5.41 Å². The maximum atomic E-state index is 12.3. The van der Waals surface area contributed by atoms with Crippen LogP contribution in [-0.2, 0) is 20.9 Å². The highest BCUT2D eigenvalue weighted by Crippen LogP contribution is 2.37. The van der Waals surface area contributed by atoms with E-state index in [0.717, 1.165) is 36.9 Å². The van der Waals surface area contributed by atoms with Crippen molar-refractivity contribution < 1.29 is 19.1 Å². The average molecular weight is 496 g/mol. The molecule has 0 saturated heterocycles. The summed E-state index contributed by atoms with van der Waals surface area (Å²) in [7, 11) is 0. The normalized spacial score (nSPS) is 12.8. The summed E-state index contributed by atoms with van der Waals surface area (Å²) in [6, 6.07) is 17.1. The highest BCUT2D eigenvalue weighted by molar-refractivity contribution is 5.75. The highest BCUT2D eigenvalue weighted by Gasteiger charge is 2.24. The first kappa shape index (κ1) is 29.6. The third kappa shape index (κ3) is 9.09. The molecule has 2 aromatic rings. The minimum absolute atomic E-state index is 0.0605. The number of hydrogen-bond acceptors (Lipinski definition) is 5. The molecule has 2 rings (SSSR count). The van der Waals surface area contributed by atoms with Crippen LogP contribution in [0.4, 0.5) is 0 Å². The first-order chi connectivity index (χ1) is 16.9. The number of rotatable bonds is 12. The van der Waals surface area contributed by atoms with Crippen molar-refractivity contribution in [1.82, 2.24) is 4.90 Å². The SMILES string of the molecule is CC(=O)Oc1ccc(COC(=O)C(C)(C)C)cc1C(CCCCN(C(C)C)C(C)C)c1ccccc1. The van der Waals surface area contributed by atoms with Gasteiger partial charge in [-0.3, -0.25) is 14.5 Å². The molecule has 0 spiro atoms. The summed E-state index contributed by atoms with van der Waals surface area (Å²) in [5.41, 5.74) is 2.45. The lowest BCUT2D eigenvalue weighted by Crippen LogP contribution is -2.37. The summed E-state index contributed by atoms with van der Waals surface area (Å²) >= 11 is 0. The summed E-state index contributed by atoms with van der Waals surface area (Å²) in [5.74, 6) is 0.0330. The van der Waals surface area contributed by atoms with E-state index in [-0.39, 0.29) is 24.5 Å². The number of hydrogen-bond donors (Lipinski definition) is 0. The molecule has 5 heteroatoms. The van der Waals surface area contributed by atoms with Gasteiger partial charge in [-0.25, -0.2) is 0 Å². The summed E-state index contributed by atoms with van der Waals surface area (Å²) in [4.78, 5) is 26.7. The number of ether oxygens (including phenoxy) is 2. The Bertz CT molecular complexity index is 968. The van der Waals surface area contributed by atoms with Crippen molar-refractivity contribution in [2.45, 2.75) is 99.3 Å². The molecule has 0 aromatic heterocycles. The predicted molar refractivity (Wildman–Crippen MR) is 146 cm³/mol. The summed E-state index contributed by atoms with van der Waals surface area (Å²) < 4.78 is 11.2. The molecule has 36 heavy (non-hydrogen) atoms. The van der Waals surface area contributed by atoms with Crippen LogP contribution in [0, 0.1) is 5.41 Å². The van der Waals surface area contributed by atoms with Gasteiger partial charge in [-0.05, 0) is 91.1 Å². The molecule has 0 bridgehead atoms. The first-order valence-electron chi connectivity index (χ1n) is 13.2. The molecule has 0 fully saturated rings. The first-order valence-corrected chi connectivity index (χ1v) is 13.2. The Balaban J connectivity index is 2.32. The van der Waals surface area contributed by atoms with E-state index in [1.165, 1.54) is 12.5 Å². The van der Waals surface area contributed by atoms with Gasteiger partial charge in [-0.15, -0.1) is 0 Å². The van der Waals surface area contributed by atoms with Gasteiger partial charge in [-0.2, -0.15) is 0 Å². The second kappa shape index (κ2) is 13.6. The van der Waals surface area contributed by atoms with Crippen molar-refractivity contribution in [2.24, 2.45) is 5.41 Å². The molecule has 0 amide bonds. The van der Waals surface area contributed by atoms with Crippen LogP contribution in [0.1, 0.15) is 97.3 Å². The van der Waals surface area contributed by atoms with Crippen LogP contribution in [0.3, 0.4) is 0 Å². The summed E-state index contributed by atoms with van der Waals surface area (Å²) in [5, 5.41) is 0. The van der Waals surface area contributed by atoms with Crippen LogP contribution < -0.4 is 4.74 Å². The van der Waals surface area contributed by atoms with E-state index in [0.29, 0.717) is 17.8 Å². The van der Waals surface area contributed by atoms with Crippen LogP contribution in [-0.4, -0.2) is 35.5 Å². The maximum absolute atomic E-state index is 12.3. The summed E-state index contributed by atoms with van der Waals surface area (Å²) in [6.45, 7) is 17.2. The van der Waals surface area contributed by atoms with E-state index >= 15 is 0 Å². The molecular weight excluding hydrogens is 450 g/mol. The highest BCUT2D eigenvalue weighted by atomic mass is 16.5. The third-order valence-electron chi connectivity index (χ3n) is 6.37. The van der Waals surface area contributed by atoms with Crippen LogP contribution in [0.15, 0.2) is 48.5 Å². The number of unbranched alkanes of at least 4 members (excludes halogenated alkanes) is 1. The molecular formula is C31H45NO4. The second-order valence-electron chi connectivity index (χ2n) is 11.2. The number of esters is 2. The fraction of sp³-hybridized carbons (Fsp3) is 0.548. The Hall–Kier alpha value is -2.66. The van der Waals surface area contributed by atoms with Gasteiger partial charge in [-0.1, -0.05) is 42.8 Å². The fourth-order valence-corrected chi connectivity index (χ4v) is 4.52. The van der Waals surface area contributed by atoms with E-state index in [2.05, 4.69) is 44.7 Å². The molecule has 1 atom stereocenters. The lowest BCUT2D eigenvalue weighted by Gasteiger charge is -2.30. The van der Waals surface area contributed by atoms with Crippen LogP contribution >= 0.6 is 0 Å². The van der Waals surface area contributed by atoms with E-state index in [1.54, 1.807) is 0 Å². The molecule has 0 aliphatic carbocycles. The standard InChI is InChI=1S/C31H45NO4/c1-22(2)32(23(3)4)19-13-12-16-27(26-14-10-9-11-15-26)28-20-25(17-18-29(28)36-24(5)33)21-35-30(34)31(6,7)8/h9-11,14-15,17-18,20,22-23,27H,12-13,16,19,21H2,1-8H3. The minimum Gasteiger partial charge on any atom is -0.460 e. The Labute approximate surface area is 218 Å². The van der Waals surface area contributed by atoms with Crippen LogP contribution in [0.5, 0.6) is 5.75 Å². The van der Waals surface area contributed by atoms with Gasteiger partial charge < -0.3 is 9.47 Å². The predicted octanol–water partition coefficient (Wildman–Crippen LogP) is 7.12. The largest absolute Gasteiger partial charge is 0.460 e. The van der Waals surface area contributed by atoms with Gasteiger partial charge in [0, 0.05) is 30.5 Å². The third-order valence-corrected chi connectivity index (χ3v) is 6.37. The van der Waals surface area contributed by atoms with E-state index in [1.807, 2.05) is 57.2 Å². The number of benzene rings is 2. The van der Waals surface area contributed by atoms with Crippen molar-refractivity contribution in [3.8, 4) is 5.75 Å². The molecule has 0 aliphatic rings. The summed E-state index contributed by atoms with van der Waals surface area (Å²) in [6.07, 6.45) is 3.05. The van der Waals surface area contributed by atoms with Gasteiger partial charge in [0.25, 0.3) is 0 Å². The van der Waals surface area contributed by atoms with E-state index < -0.39 is 5.41 Å². The Morgan fingerprint density at radius 1 is 0.917 bits per heavy atom. The molecule has 0 aliphatic heterocycles. The zero-order valence-electron chi connectivity index (χ0n) is 23.5. The lowest BCUT2D eigenvalue weighted by molar-refractivity contribution is -0.154. The van der Waals surface area contributed by atoms with E-state index in [9.17, 15) is 9.59 Å². The monoisotopic (exact) mass is 495 g/mol. The molecule has 0 heterocycles. The molecule has 2 aromatic carbocycles. The average Bonchev–Trinajstić information content (AvgIpc) is 2.79. The van der Waals surface area contributed by atoms with Crippen molar-refractivity contribution in [2.75, 3.05) is 6.54 Å². The van der Waals surface area contributed by atoms with Crippen molar-refractivity contribution in [1.29, 1.82) is 0 Å². The van der Waals surface area contributed by atoms with Crippen molar-refractivity contribution in [3.05, 3.63) is 65.2 Å². The quantitative estimate of drug-likeness (QED) is 0.178. The Kier molecular flexibility index (Phi) is 11.2. The van der Waals surface area contributed by atoms with Crippen molar-refractivity contribution in [3.63, 3.8) is 0 Å². The Morgan fingerprint density at radius 2 is 1.56 bits per heavy atom. The lowest BCUT2D eigenvalue weighted by atomic mass is 9.85. The van der Waals surface area contributed by atoms with Crippen LogP contribution in [0.25, 0.3) is 0 Å². The van der Waals surface area contributed by atoms with Crippen LogP contribution in [0.2, 0.25) is 0 Å². The molecule has 5 nitrogen and oxygen atoms in total. The Morgan fingerprint density at radius 3 is 2.11 bits per heavy atom. The van der Waals surface area contributed by atoms with Gasteiger partial charge in [0.2, 0.25) is 0 Å². The maximum Gasteiger partial charge on any atom is 0.311 e. The molecule has 0 N–H and O–H groups in total. The zero-order chi connectivity index (χ0) is 26.9. The molecule has 1 unspecified atom stereocenters. The minimum atomic E-state index is -0.563. The van der Waals surface area contributed by atoms with Crippen molar-refractivity contribution >= 4 is 11.9 Å². The molecule has 0 radical (unpaired) electrons. The number of carbonyl (C=O) groups excluding carboxylic acids is 2. The zero-order valence-corrected chi connectivity index (χ0v) is 23.5. The topological polar surface area (TPSA) is 55.8 Å². The number of carbonyl (C=O) groups is 2. The second-order valence-corrected chi connectivity index (χ2v) is 11.2. The van der Waals surface area contributed by atoms with Gasteiger partial charge in [0.1, 0.15) is 12.4 Å².